The van der Waals surface area contributed by atoms with Crippen LogP contribution >= 0.6 is 22.9 Å². The van der Waals surface area contributed by atoms with Crippen molar-refractivity contribution in [3.8, 4) is 0 Å². The first-order valence-corrected chi connectivity index (χ1v) is 11.5. The summed E-state index contributed by atoms with van der Waals surface area (Å²) in [6.07, 6.45) is 0. The van der Waals surface area contributed by atoms with Crippen molar-refractivity contribution in [2.24, 2.45) is 0 Å². The summed E-state index contributed by atoms with van der Waals surface area (Å²) in [5, 5.41) is 7.69. The van der Waals surface area contributed by atoms with Gasteiger partial charge in [-0.05, 0) is 44.2 Å². The lowest BCUT2D eigenvalue weighted by Crippen LogP contribution is -2.14. The first-order chi connectivity index (χ1) is 14.3. The van der Waals surface area contributed by atoms with Crippen molar-refractivity contribution < 1.29 is 17.7 Å². The van der Waals surface area contributed by atoms with Crippen LogP contribution in [-0.2, 0) is 10.0 Å². The number of thiophene rings is 1. The van der Waals surface area contributed by atoms with E-state index in [0.29, 0.717) is 26.8 Å². The van der Waals surface area contributed by atoms with E-state index in [2.05, 4.69) is 15.2 Å². The van der Waals surface area contributed by atoms with Crippen molar-refractivity contribution in [3.05, 3.63) is 69.7 Å². The van der Waals surface area contributed by atoms with E-state index in [1.165, 1.54) is 35.6 Å². The van der Waals surface area contributed by atoms with Crippen molar-refractivity contribution in [2.45, 2.75) is 18.7 Å². The van der Waals surface area contributed by atoms with E-state index in [4.69, 9.17) is 16.1 Å². The maximum absolute atomic E-state index is 12.6. The highest BCUT2D eigenvalue weighted by Crippen LogP contribution is 2.35. The Balaban J connectivity index is 1.52. The van der Waals surface area contributed by atoms with Crippen molar-refractivity contribution in [1.82, 2.24) is 5.16 Å². The second-order valence-electron chi connectivity index (χ2n) is 6.55. The molecule has 0 atom stereocenters. The number of nitrogens with zero attached hydrogens (tertiary/aromatic N) is 1. The predicted molar refractivity (Wildman–Crippen MR) is 118 cm³/mol. The minimum Gasteiger partial charge on any atom is -0.337 e. The summed E-state index contributed by atoms with van der Waals surface area (Å²) >= 11 is 7.64. The maximum Gasteiger partial charge on any atom is 0.267 e. The number of sulfonamides is 1. The number of rotatable bonds is 5. The van der Waals surface area contributed by atoms with Gasteiger partial charge in [-0.25, -0.2) is 13.1 Å². The van der Waals surface area contributed by atoms with Crippen LogP contribution in [0.25, 0.3) is 10.1 Å². The number of amides is 1. The first-order valence-electron chi connectivity index (χ1n) is 8.80. The zero-order valence-corrected chi connectivity index (χ0v) is 18.3. The zero-order chi connectivity index (χ0) is 21.5. The molecule has 0 aliphatic rings. The molecule has 7 nitrogen and oxygen atoms in total. The number of aryl methyl sites for hydroxylation is 1. The van der Waals surface area contributed by atoms with Gasteiger partial charge in [0.15, 0.2) is 0 Å². The number of benzene rings is 2. The lowest BCUT2D eigenvalue weighted by molar-refractivity contribution is 0.103. The Morgan fingerprint density at radius 1 is 1.10 bits per heavy atom. The number of aromatic nitrogens is 1. The minimum atomic E-state index is -3.86. The Hall–Kier alpha value is -2.88. The van der Waals surface area contributed by atoms with Gasteiger partial charge in [0.05, 0.1) is 15.6 Å². The number of carbonyl (C=O) groups is 1. The molecule has 4 aromatic rings. The molecule has 2 aromatic carbocycles. The largest absolute Gasteiger partial charge is 0.337 e. The third-order valence-corrected chi connectivity index (χ3v) is 7.57. The number of hydrogen-bond donors (Lipinski definition) is 2. The summed E-state index contributed by atoms with van der Waals surface area (Å²) in [4.78, 5) is 13.1. The molecular formula is C20H16ClN3O4S2. The van der Waals surface area contributed by atoms with Gasteiger partial charge in [0.1, 0.15) is 4.88 Å². The molecule has 30 heavy (non-hydrogen) atoms. The third-order valence-electron chi connectivity index (χ3n) is 4.55. The summed E-state index contributed by atoms with van der Waals surface area (Å²) in [6.45, 7) is 3.43. The van der Waals surface area contributed by atoms with Gasteiger partial charge in [-0.1, -0.05) is 35.0 Å². The molecule has 2 N–H and O–H groups in total. The highest BCUT2D eigenvalue weighted by Gasteiger charge is 2.20. The summed E-state index contributed by atoms with van der Waals surface area (Å²) in [7, 11) is -3.86. The lowest BCUT2D eigenvalue weighted by Gasteiger charge is -2.08. The lowest BCUT2D eigenvalue weighted by atomic mass is 10.2. The second-order valence-corrected chi connectivity index (χ2v) is 9.66. The fraction of sp³-hybridized carbons (Fsp3) is 0.100. The van der Waals surface area contributed by atoms with Gasteiger partial charge in [-0.3, -0.25) is 4.79 Å². The van der Waals surface area contributed by atoms with E-state index in [-0.39, 0.29) is 16.7 Å². The zero-order valence-electron chi connectivity index (χ0n) is 15.9. The van der Waals surface area contributed by atoms with Crippen LogP contribution in [0, 0.1) is 13.8 Å². The van der Waals surface area contributed by atoms with Gasteiger partial charge < -0.3 is 9.84 Å². The molecule has 0 aliphatic heterocycles. The number of carbonyl (C=O) groups excluding carboxylic acids is 1. The van der Waals surface area contributed by atoms with Crippen LogP contribution in [0.15, 0.2) is 57.9 Å². The Labute approximate surface area is 181 Å². The molecule has 10 heteroatoms. The Bertz CT molecular complexity index is 1360. The molecule has 0 fully saturated rings. The summed E-state index contributed by atoms with van der Waals surface area (Å²) in [6, 6.07) is 13.3. The summed E-state index contributed by atoms with van der Waals surface area (Å²) in [5.74, 6) is -0.285. The predicted octanol–water partition coefficient (Wildman–Crippen LogP) is 5.21. The Morgan fingerprint density at radius 2 is 1.80 bits per heavy atom. The SMILES string of the molecule is Cc1noc(NS(=O)(=O)c2ccc(NC(=O)c3sc4ccccc4c3Cl)cc2)c1C. The minimum absolute atomic E-state index is 0.0221. The number of nitrogens with one attached hydrogen (secondary N) is 2. The third kappa shape index (κ3) is 3.79. The van der Waals surface area contributed by atoms with Crippen LogP contribution in [0.5, 0.6) is 0 Å². The number of anilines is 2. The average Bonchev–Trinajstić information content (AvgIpc) is 3.22. The average molecular weight is 462 g/mol. The van der Waals surface area contributed by atoms with Crippen molar-refractivity contribution in [2.75, 3.05) is 10.0 Å². The van der Waals surface area contributed by atoms with Crippen LogP contribution in [-0.4, -0.2) is 19.5 Å². The van der Waals surface area contributed by atoms with Gasteiger partial charge in [-0.2, -0.15) is 0 Å². The van der Waals surface area contributed by atoms with Crippen molar-refractivity contribution in [3.63, 3.8) is 0 Å². The fourth-order valence-electron chi connectivity index (χ4n) is 2.76. The summed E-state index contributed by atoms with van der Waals surface area (Å²) in [5.41, 5.74) is 1.66. The van der Waals surface area contributed by atoms with E-state index in [1.807, 2.05) is 24.3 Å². The molecule has 0 aliphatic carbocycles. The van der Waals surface area contributed by atoms with Gasteiger partial charge in [0.2, 0.25) is 5.88 Å². The smallest absolute Gasteiger partial charge is 0.267 e. The second kappa shape index (κ2) is 7.75. The molecule has 0 unspecified atom stereocenters. The highest BCUT2D eigenvalue weighted by molar-refractivity contribution is 7.92. The standard InChI is InChI=1S/C20H16ClN3O4S2/c1-11-12(2)23-28-20(11)24-30(26,27)14-9-7-13(8-10-14)22-19(25)18-17(21)15-5-3-4-6-16(15)29-18/h3-10,24H,1-2H3,(H,22,25). The molecule has 0 radical (unpaired) electrons. The molecule has 2 heterocycles. The quantitative estimate of drug-likeness (QED) is 0.424. The monoisotopic (exact) mass is 461 g/mol. The number of halogens is 1. The Morgan fingerprint density at radius 3 is 2.43 bits per heavy atom. The van der Waals surface area contributed by atoms with E-state index >= 15 is 0 Å². The van der Waals surface area contributed by atoms with E-state index < -0.39 is 10.0 Å². The molecule has 154 valence electrons. The number of hydrogen-bond acceptors (Lipinski definition) is 6. The van der Waals surface area contributed by atoms with Crippen molar-refractivity contribution in [1.29, 1.82) is 0 Å². The van der Waals surface area contributed by atoms with E-state index in [9.17, 15) is 13.2 Å². The molecule has 0 saturated heterocycles. The van der Waals surface area contributed by atoms with Crippen LogP contribution in [0.4, 0.5) is 11.6 Å². The van der Waals surface area contributed by atoms with Crippen LogP contribution in [0.2, 0.25) is 5.02 Å². The van der Waals surface area contributed by atoms with Crippen LogP contribution in [0.1, 0.15) is 20.9 Å². The Kier molecular flexibility index (Phi) is 5.27. The molecule has 1 amide bonds. The van der Waals surface area contributed by atoms with Gasteiger partial charge in [-0.15, -0.1) is 11.3 Å². The molecular weight excluding hydrogens is 446 g/mol. The van der Waals surface area contributed by atoms with E-state index in [0.717, 1.165) is 10.1 Å². The molecule has 0 bridgehead atoms. The molecule has 4 rings (SSSR count). The van der Waals surface area contributed by atoms with E-state index in [1.54, 1.807) is 13.8 Å². The molecule has 2 aromatic heterocycles. The van der Waals surface area contributed by atoms with Gasteiger partial charge in [0.25, 0.3) is 15.9 Å². The molecule has 0 saturated carbocycles. The fourth-order valence-corrected chi connectivity index (χ4v) is 5.22. The normalized spacial score (nSPS) is 11.6. The van der Waals surface area contributed by atoms with Crippen molar-refractivity contribution >= 4 is 60.5 Å². The summed E-state index contributed by atoms with van der Waals surface area (Å²) < 4.78 is 33.4. The van der Waals surface area contributed by atoms with Gasteiger partial charge in [0, 0.05) is 21.3 Å². The number of fused-ring (bicyclic) bond motifs is 1. The maximum atomic E-state index is 12.6. The van der Waals surface area contributed by atoms with Crippen LogP contribution < -0.4 is 10.0 Å². The first kappa shape index (κ1) is 20.4. The topological polar surface area (TPSA) is 101 Å². The van der Waals surface area contributed by atoms with Gasteiger partial charge >= 0.3 is 0 Å². The van der Waals surface area contributed by atoms with Crippen LogP contribution in [0.3, 0.4) is 0 Å². The highest BCUT2D eigenvalue weighted by atomic mass is 35.5. The molecule has 0 spiro atoms.